The van der Waals surface area contributed by atoms with Crippen LogP contribution in [-0.2, 0) is 10.9 Å². The maximum Gasteiger partial charge on any atom is 0.416 e. The van der Waals surface area contributed by atoms with E-state index in [1.54, 1.807) is 4.90 Å². The van der Waals surface area contributed by atoms with Crippen LogP contribution in [0.3, 0.4) is 0 Å². The van der Waals surface area contributed by atoms with E-state index in [1.165, 1.54) is 30.2 Å². The Balaban J connectivity index is 1.80. The molecule has 1 amide bonds. The Morgan fingerprint density at radius 3 is 2.26 bits per heavy atom. The summed E-state index contributed by atoms with van der Waals surface area (Å²) in [5, 5.41) is 0.129. The van der Waals surface area contributed by atoms with E-state index in [2.05, 4.69) is 4.98 Å². The van der Waals surface area contributed by atoms with Crippen LogP contribution in [0.2, 0.25) is 5.02 Å². The van der Waals surface area contributed by atoms with Crippen molar-refractivity contribution < 1.29 is 27.1 Å². The predicted molar refractivity (Wildman–Crippen MR) is 121 cm³/mol. The van der Waals surface area contributed by atoms with E-state index in [4.69, 9.17) is 16.3 Å². The van der Waals surface area contributed by atoms with Crippen molar-refractivity contribution in [2.45, 2.75) is 6.18 Å². The van der Waals surface area contributed by atoms with Gasteiger partial charge in [0.1, 0.15) is 11.6 Å². The number of nitrogens with zero attached hydrogens (tertiary/aromatic N) is 4. The first-order chi connectivity index (χ1) is 16.6. The molecule has 1 aliphatic heterocycles. The fourth-order valence-corrected chi connectivity index (χ4v) is 3.94. The molecule has 184 valence electrons. The van der Waals surface area contributed by atoms with Gasteiger partial charge in [-0.3, -0.25) is 9.36 Å². The lowest BCUT2D eigenvalue weighted by Gasteiger charge is -2.34. The molecule has 1 fully saturated rings. The van der Waals surface area contributed by atoms with Gasteiger partial charge in [0.05, 0.1) is 23.9 Å². The van der Waals surface area contributed by atoms with Gasteiger partial charge in [0.2, 0.25) is 0 Å². The van der Waals surface area contributed by atoms with Gasteiger partial charge >= 0.3 is 12.3 Å². The van der Waals surface area contributed by atoms with Crippen LogP contribution in [0.5, 0.6) is 0 Å². The summed E-state index contributed by atoms with van der Waals surface area (Å²) in [4.78, 5) is 32.7. The molecule has 2 aromatic carbocycles. The number of aromatic nitrogens is 2. The SMILES string of the molecule is COC(=O)N1CCN(c2cc(=O)n(-c3ccc(C(F)(F)F)cc3)c(-c3ccc(Cl)cc3F)n2)CC1. The second kappa shape index (κ2) is 9.57. The molecular weight excluding hydrogens is 492 g/mol. The highest BCUT2D eigenvalue weighted by Gasteiger charge is 2.30. The summed E-state index contributed by atoms with van der Waals surface area (Å²) in [6.45, 7) is 1.32. The number of amides is 1. The number of carbonyl (C=O) groups excluding carboxylic acids is 1. The zero-order valence-corrected chi connectivity index (χ0v) is 19.1. The average molecular weight is 511 g/mol. The minimum Gasteiger partial charge on any atom is -0.453 e. The lowest BCUT2D eigenvalue weighted by atomic mass is 10.1. The quantitative estimate of drug-likeness (QED) is 0.482. The Hall–Kier alpha value is -3.60. The summed E-state index contributed by atoms with van der Waals surface area (Å²) >= 11 is 5.87. The van der Waals surface area contributed by atoms with Crippen molar-refractivity contribution in [3.8, 4) is 17.1 Å². The van der Waals surface area contributed by atoms with Crippen molar-refractivity contribution in [2.75, 3.05) is 38.2 Å². The number of methoxy groups -OCH3 is 1. The van der Waals surface area contributed by atoms with E-state index < -0.39 is 29.2 Å². The molecule has 0 spiro atoms. The van der Waals surface area contributed by atoms with Crippen molar-refractivity contribution in [1.29, 1.82) is 0 Å². The molecule has 0 saturated carbocycles. The van der Waals surface area contributed by atoms with Crippen LogP contribution in [0.4, 0.5) is 28.2 Å². The minimum atomic E-state index is -4.55. The third-order valence-corrected chi connectivity index (χ3v) is 5.80. The van der Waals surface area contributed by atoms with Gasteiger partial charge < -0.3 is 14.5 Å². The minimum absolute atomic E-state index is 0.0542. The third kappa shape index (κ3) is 5.09. The number of hydrogen-bond donors (Lipinski definition) is 0. The Morgan fingerprint density at radius 2 is 1.69 bits per heavy atom. The van der Waals surface area contributed by atoms with Gasteiger partial charge in [0.25, 0.3) is 5.56 Å². The van der Waals surface area contributed by atoms with Gasteiger partial charge in [-0.15, -0.1) is 0 Å². The highest BCUT2D eigenvalue weighted by Crippen LogP contribution is 2.31. The summed E-state index contributed by atoms with van der Waals surface area (Å²) in [6.07, 6.45) is -5.03. The zero-order valence-electron chi connectivity index (χ0n) is 18.4. The van der Waals surface area contributed by atoms with Crippen LogP contribution >= 0.6 is 11.6 Å². The number of alkyl halides is 3. The molecular formula is C23H19ClF4N4O3. The molecule has 0 unspecified atom stereocenters. The lowest BCUT2D eigenvalue weighted by molar-refractivity contribution is -0.137. The number of anilines is 1. The van der Waals surface area contributed by atoms with Gasteiger partial charge in [-0.2, -0.15) is 13.2 Å². The summed E-state index contributed by atoms with van der Waals surface area (Å²) in [7, 11) is 1.28. The van der Waals surface area contributed by atoms with Crippen molar-refractivity contribution in [3.63, 3.8) is 0 Å². The van der Waals surface area contributed by atoms with E-state index in [1.807, 2.05) is 0 Å². The highest BCUT2D eigenvalue weighted by molar-refractivity contribution is 6.30. The van der Waals surface area contributed by atoms with Crippen LogP contribution in [0.1, 0.15) is 5.56 Å². The molecule has 12 heteroatoms. The highest BCUT2D eigenvalue weighted by atomic mass is 35.5. The molecule has 1 aromatic heterocycles. The van der Waals surface area contributed by atoms with Gasteiger partial charge in [-0.05, 0) is 42.5 Å². The van der Waals surface area contributed by atoms with Crippen LogP contribution < -0.4 is 10.5 Å². The van der Waals surface area contributed by atoms with Crippen LogP contribution in [0, 0.1) is 5.82 Å². The fraction of sp³-hybridized carbons (Fsp3) is 0.261. The molecule has 0 atom stereocenters. The number of carbonyl (C=O) groups is 1. The Bertz CT molecular complexity index is 1300. The second-order valence-corrected chi connectivity index (χ2v) is 8.16. The molecule has 2 heterocycles. The van der Waals surface area contributed by atoms with Crippen LogP contribution in [0.25, 0.3) is 17.1 Å². The first-order valence-corrected chi connectivity index (χ1v) is 10.8. The smallest absolute Gasteiger partial charge is 0.416 e. The largest absolute Gasteiger partial charge is 0.453 e. The second-order valence-electron chi connectivity index (χ2n) is 7.72. The number of hydrogen-bond acceptors (Lipinski definition) is 5. The molecule has 0 aliphatic carbocycles. The van der Waals surface area contributed by atoms with Crippen molar-refractivity contribution in [2.24, 2.45) is 0 Å². The van der Waals surface area contributed by atoms with E-state index in [0.29, 0.717) is 26.2 Å². The number of benzene rings is 2. The maximum absolute atomic E-state index is 14.9. The van der Waals surface area contributed by atoms with Crippen molar-refractivity contribution in [1.82, 2.24) is 14.5 Å². The average Bonchev–Trinajstić information content (AvgIpc) is 2.83. The number of halogens is 5. The lowest BCUT2D eigenvalue weighted by Crippen LogP contribution is -2.49. The van der Waals surface area contributed by atoms with Crippen LogP contribution in [-0.4, -0.2) is 53.8 Å². The Kier molecular flexibility index (Phi) is 6.70. The van der Waals surface area contributed by atoms with E-state index in [9.17, 15) is 27.2 Å². The van der Waals surface area contributed by atoms with E-state index >= 15 is 0 Å². The molecule has 0 bridgehead atoms. The molecule has 7 nitrogen and oxygen atoms in total. The van der Waals surface area contributed by atoms with Gasteiger partial charge in [0, 0.05) is 37.3 Å². The Morgan fingerprint density at radius 1 is 1.03 bits per heavy atom. The molecule has 4 rings (SSSR count). The zero-order chi connectivity index (χ0) is 25.3. The standard InChI is InChI=1S/C23H19ClF4N4O3/c1-35-22(34)31-10-8-30(9-11-31)19-13-20(33)32(16-5-2-14(3-6-16)23(26,27)28)21(29-19)17-7-4-15(24)12-18(17)25/h2-7,12-13H,8-11H2,1H3. The topological polar surface area (TPSA) is 67.7 Å². The normalized spacial score (nSPS) is 14.2. The monoisotopic (exact) mass is 510 g/mol. The number of piperazine rings is 1. The van der Waals surface area contributed by atoms with Gasteiger partial charge in [-0.25, -0.2) is 14.2 Å². The molecule has 0 radical (unpaired) electrons. The van der Waals surface area contributed by atoms with Crippen LogP contribution in [0.15, 0.2) is 53.3 Å². The van der Waals surface area contributed by atoms with Gasteiger partial charge in [0.15, 0.2) is 5.82 Å². The molecule has 1 saturated heterocycles. The molecule has 35 heavy (non-hydrogen) atoms. The fourth-order valence-electron chi connectivity index (χ4n) is 3.78. The third-order valence-electron chi connectivity index (χ3n) is 5.57. The first-order valence-electron chi connectivity index (χ1n) is 10.4. The summed E-state index contributed by atoms with van der Waals surface area (Å²) in [6, 6.07) is 8.97. The molecule has 0 N–H and O–H groups in total. The number of rotatable bonds is 3. The summed E-state index contributed by atoms with van der Waals surface area (Å²) < 4.78 is 59.7. The molecule has 1 aliphatic rings. The van der Waals surface area contributed by atoms with Crippen molar-refractivity contribution in [3.05, 3.63) is 75.3 Å². The summed E-state index contributed by atoms with van der Waals surface area (Å²) in [5.41, 5.74) is -1.47. The Labute approximate surface area is 202 Å². The molecule has 3 aromatic rings. The van der Waals surface area contributed by atoms with Gasteiger partial charge in [-0.1, -0.05) is 11.6 Å². The summed E-state index contributed by atoms with van der Waals surface area (Å²) in [5.74, 6) is -0.610. The first kappa shape index (κ1) is 24.5. The van der Waals surface area contributed by atoms with Crippen molar-refractivity contribution >= 4 is 23.5 Å². The van der Waals surface area contributed by atoms with E-state index in [0.717, 1.165) is 34.9 Å². The maximum atomic E-state index is 14.9. The van der Waals surface area contributed by atoms with E-state index in [-0.39, 0.29) is 27.9 Å². The number of ether oxygens (including phenoxy) is 1. The predicted octanol–water partition coefficient (Wildman–Crippen LogP) is 4.60.